The highest BCUT2D eigenvalue weighted by molar-refractivity contribution is 5.18. The molecule has 0 atom stereocenters. The Hall–Kier alpha value is -0.970. The summed E-state index contributed by atoms with van der Waals surface area (Å²) < 4.78 is 24.0. The molecule has 1 aromatic rings. The number of nitrogens with one attached hydrogen (secondary N) is 2. The lowest BCUT2D eigenvalue weighted by Gasteiger charge is -1.92. The van der Waals surface area contributed by atoms with Gasteiger partial charge in [-0.05, 0) is 0 Å². The van der Waals surface area contributed by atoms with Crippen molar-refractivity contribution in [2.24, 2.45) is 0 Å². The van der Waals surface area contributed by atoms with Gasteiger partial charge in [0.1, 0.15) is 0 Å². The molecule has 0 saturated heterocycles. The van der Waals surface area contributed by atoms with Gasteiger partial charge < -0.3 is 10.3 Å². The topological polar surface area (TPSA) is 40.7 Å². The Balaban J connectivity index is 2.34. The fourth-order valence-electron chi connectivity index (χ4n) is 1.17. The minimum atomic E-state index is -2.49. The van der Waals surface area contributed by atoms with Crippen molar-refractivity contribution in [2.75, 3.05) is 0 Å². The van der Waals surface area contributed by atoms with Gasteiger partial charge in [-0.15, -0.1) is 0 Å². The number of halogens is 2. The molecular formula is C6H7F2N3. The van der Waals surface area contributed by atoms with Crippen LogP contribution in [-0.4, -0.2) is 9.97 Å². The first-order valence-corrected chi connectivity index (χ1v) is 3.34. The highest BCUT2D eigenvalue weighted by Crippen LogP contribution is 2.19. The van der Waals surface area contributed by atoms with Crippen molar-refractivity contribution in [3.05, 3.63) is 17.2 Å². The first-order valence-electron chi connectivity index (χ1n) is 3.34. The molecule has 1 aromatic heterocycles. The summed E-state index contributed by atoms with van der Waals surface area (Å²) in [5.74, 6) is -0.212. The molecule has 0 aliphatic carbocycles. The zero-order chi connectivity index (χ0) is 7.84. The molecule has 2 heterocycles. The minimum absolute atomic E-state index is 0.212. The maximum absolute atomic E-state index is 12.0. The predicted octanol–water partition coefficient (Wildman–Crippen LogP) is 0.950. The van der Waals surface area contributed by atoms with Crippen LogP contribution in [0, 0.1) is 0 Å². The van der Waals surface area contributed by atoms with Crippen molar-refractivity contribution in [2.45, 2.75) is 19.5 Å². The normalized spacial score (nSPS) is 15.9. The van der Waals surface area contributed by atoms with Gasteiger partial charge in [0.15, 0.2) is 5.82 Å². The van der Waals surface area contributed by atoms with Gasteiger partial charge in [-0.1, -0.05) is 0 Å². The molecule has 1 aliphatic heterocycles. The summed E-state index contributed by atoms with van der Waals surface area (Å²) in [5.41, 5.74) is 1.51. The highest BCUT2D eigenvalue weighted by atomic mass is 19.3. The van der Waals surface area contributed by atoms with E-state index in [9.17, 15) is 8.78 Å². The van der Waals surface area contributed by atoms with Crippen molar-refractivity contribution >= 4 is 0 Å². The largest absolute Gasteiger partial charge is 0.340 e. The van der Waals surface area contributed by atoms with Crippen LogP contribution in [-0.2, 0) is 13.1 Å². The number of rotatable bonds is 1. The van der Waals surface area contributed by atoms with E-state index in [0.29, 0.717) is 13.1 Å². The van der Waals surface area contributed by atoms with Crippen LogP contribution in [0.25, 0.3) is 0 Å². The molecule has 0 bridgehead atoms. The van der Waals surface area contributed by atoms with E-state index in [0.717, 1.165) is 11.4 Å². The average molecular weight is 159 g/mol. The van der Waals surface area contributed by atoms with E-state index in [-0.39, 0.29) is 5.82 Å². The standard InChI is InChI=1S/C6H7F2N3/c7-5(8)6-10-3-1-9-2-4(3)11-6/h5,9H,1-2H2,(H,10,11). The van der Waals surface area contributed by atoms with Crippen LogP contribution in [0.5, 0.6) is 0 Å². The van der Waals surface area contributed by atoms with Crippen LogP contribution in [0.3, 0.4) is 0 Å². The van der Waals surface area contributed by atoms with E-state index in [4.69, 9.17) is 0 Å². The number of aromatic nitrogens is 2. The first-order chi connectivity index (χ1) is 5.27. The van der Waals surface area contributed by atoms with E-state index >= 15 is 0 Å². The second-order valence-corrected chi connectivity index (χ2v) is 2.45. The van der Waals surface area contributed by atoms with Gasteiger partial charge in [0, 0.05) is 13.1 Å². The number of aromatic amines is 1. The van der Waals surface area contributed by atoms with E-state index in [1.165, 1.54) is 0 Å². The molecular weight excluding hydrogens is 152 g/mol. The third-order valence-corrected chi connectivity index (χ3v) is 1.68. The SMILES string of the molecule is FC(F)c1nc2c([nH]1)CNC2. The van der Waals surface area contributed by atoms with Crippen molar-refractivity contribution in [1.29, 1.82) is 0 Å². The smallest absolute Gasteiger partial charge is 0.295 e. The third kappa shape index (κ3) is 1.01. The summed E-state index contributed by atoms with van der Waals surface area (Å²) in [5, 5.41) is 3.00. The fourth-order valence-corrected chi connectivity index (χ4v) is 1.17. The third-order valence-electron chi connectivity index (χ3n) is 1.68. The zero-order valence-corrected chi connectivity index (χ0v) is 5.69. The van der Waals surface area contributed by atoms with Gasteiger partial charge in [0.05, 0.1) is 11.4 Å². The number of hydrogen-bond donors (Lipinski definition) is 2. The Morgan fingerprint density at radius 1 is 1.36 bits per heavy atom. The summed E-state index contributed by atoms with van der Waals surface area (Å²) in [6, 6.07) is 0. The van der Waals surface area contributed by atoms with Crippen LogP contribution in [0.15, 0.2) is 0 Å². The Morgan fingerprint density at radius 3 is 2.82 bits per heavy atom. The second-order valence-electron chi connectivity index (χ2n) is 2.45. The van der Waals surface area contributed by atoms with E-state index < -0.39 is 6.43 Å². The summed E-state index contributed by atoms with van der Waals surface area (Å²) >= 11 is 0. The summed E-state index contributed by atoms with van der Waals surface area (Å²) in [6.45, 7) is 1.22. The average Bonchev–Trinajstić information content (AvgIpc) is 2.40. The zero-order valence-electron chi connectivity index (χ0n) is 5.69. The molecule has 0 fully saturated rings. The Morgan fingerprint density at radius 2 is 2.18 bits per heavy atom. The molecule has 0 radical (unpaired) electrons. The van der Waals surface area contributed by atoms with Gasteiger partial charge in [0.2, 0.25) is 0 Å². The lowest BCUT2D eigenvalue weighted by molar-refractivity contribution is 0.141. The second kappa shape index (κ2) is 2.27. The summed E-state index contributed by atoms with van der Waals surface area (Å²) in [4.78, 5) is 6.29. The van der Waals surface area contributed by atoms with Gasteiger partial charge in [0.25, 0.3) is 6.43 Å². The van der Waals surface area contributed by atoms with Gasteiger partial charge in [-0.25, -0.2) is 13.8 Å². The maximum Gasteiger partial charge on any atom is 0.295 e. The molecule has 11 heavy (non-hydrogen) atoms. The van der Waals surface area contributed by atoms with Crippen LogP contribution in [0.2, 0.25) is 0 Å². The van der Waals surface area contributed by atoms with Crippen molar-refractivity contribution in [3.8, 4) is 0 Å². The van der Waals surface area contributed by atoms with Crippen molar-refractivity contribution in [1.82, 2.24) is 15.3 Å². The van der Waals surface area contributed by atoms with Crippen LogP contribution >= 0.6 is 0 Å². The number of fused-ring (bicyclic) bond motifs is 1. The molecule has 0 spiro atoms. The van der Waals surface area contributed by atoms with E-state index in [1.807, 2.05) is 0 Å². The number of H-pyrrole nitrogens is 1. The molecule has 0 aromatic carbocycles. The van der Waals surface area contributed by atoms with E-state index in [1.54, 1.807) is 0 Å². The first kappa shape index (κ1) is 6.72. The summed E-state index contributed by atoms with van der Waals surface area (Å²) in [6.07, 6.45) is -2.49. The molecule has 60 valence electrons. The summed E-state index contributed by atoms with van der Waals surface area (Å²) in [7, 11) is 0. The number of imidazole rings is 1. The van der Waals surface area contributed by atoms with Crippen LogP contribution < -0.4 is 5.32 Å². The number of nitrogens with zero attached hydrogens (tertiary/aromatic N) is 1. The number of alkyl halides is 2. The van der Waals surface area contributed by atoms with E-state index in [2.05, 4.69) is 15.3 Å². The van der Waals surface area contributed by atoms with Gasteiger partial charge in [-0.2, -0.15) is 0 Å². The molecule has 0 amide bonds. The Labute approximate surface area is 61.8 Å². The van der Waals surface area contributed by atoms with Crippen molar-refractivity contribution < 1.29 is 8.78 Å². The molecule has 2 rings (SSSR count). The Bertz CT molecular complexity index is 247. The lowest BCUT2D eigenvalue weighted by Crippen LogP contribution is -2.03. The van der Waals surface area contributed by atoms with Crippen molar-refractivity contribution in [3.63, 3.8) is 0 Å². The van der Waals surface area contributed by atoms with Gasteiger partial charge >= 0.3 is 0 Å². The monoisotopic (exact) mass is 159 g/mol. The maximum atomic E-state index is 12.0. The minimum Gasteiger partial charge on any atom is -0.340 e. The molecule has 3 nitrogen and oxygen atoms in total. The quantitative estimate of drug-likeness (QED) is 0.640. The van der Waals surface area contributed by atoms with Gasteiger partial charge in [-0.3, -0.25) is 0 Å². The molecule has 0 saturated carbocycles. The lowest BCUT2D eigenvalue weighted by atomic mass is 10.4. The highest BCUT2D eigenvalue weighted by Gasteiger charge is 2.19. The van der Waals surface area contributed by atoms with Crippen LogP contribution in [0.1, 0.15) is 23.6 Å². The molecule has 2 N–H and O–H groups in total. The number of hydrogen-bond acceptors (Lipinski definition) is 2. The fraction of sp³-hybridized carbons (Fsp3) is 0.500. The van der Waals surface area contributed by atoms with Crippen LogP contribution in [0.4, 0.5) is 8.78 Å². The predicted molar refractivity (Wildman–Crippen MR) is 34.1 cm³/mol. The molecule has 5 heteroatoms. The molecule has 1 aliphatic rings. The Kier molecular flexibility index (Phi) is 1.38. The molecule has 0 unspecified atom stereocenters.